The van der Waals surface area contributed by atoms with Crippen molar-refractivity contribution in [2.24, 2.45) is 0 Å². The SMILES string of the molecule is COc1ccc(S(=O)(=O)N[C@@H](Cc2ccccc2)C(=O)Nc2c(C)cccc2C)cc1C. The zero-order chi connectivity index (χ0) is 23.3. The van der Waals surface area contributed by atoms with E-state index in [1.54, 1.807) is 13.0 Å². The Morgan fingerprint density at radius 2 is 1.56 bits per heavy atom. The van der Waals surface area contributed by atoms with Crippen LogP contribution in [0.5, 0.6) is 5.75 Å². The van der Waals surface area contributed by atoms with Crippen LogP contribution in [0.25, 0.3) is 0 Å². The van der Waals surface area contributed by atoms with E-state index in [2.05, 4.69) is 10.0 Å². The molecule has 7 heteroatoms. The van der Waals surface area contributed by atoms with Crippen LogP contribution in [0, 0.1) is 20.8 Å². The van der Waals surface area contributed by atoms with Crippen molar-refractivity contribution < 1.29 is 17.9 Å². The summed E-state index contributed by atoms with van der Waals surface area (Å²) in [6.45, 7) is 5.57. The van der Waals surface area contributed by atoms with Gasteiger partial charge in [-0.2, -0.15) is 4.72 Å². The van der Waals surface area contributed by atoms with Gasteiger partial charge in [0.1, 0.15) is 11.8 Å². The van der Waals surface area contributed by atoms with Gasteiger partial charge in [-0.1, -0.05) is 48.5 Å². The number of ether oxygens (including phenoxy) is 1. The highest BCUT2D eigenvalue weighted by atomic mass is 32.2. The van der Waals surface area contributed by atoms with Crippen LogP contribution < -0.4 is 14.8 Å². The van der Waals surface area contributed by atoms with Crippen molar-refractivity contribution >= 4 is 21.6 Å². The molecule has 0 radical (unpaired) electrons. The van der Waals surface area contributed by atoms with E-state index >= 15 is 0 Å². The molecule has 0 bridgehead atoms. The van der Waals surface area contributed by atoms with Gasteiger partial charge in [-0.25, -0.2) is 8.42 Å². The van der Waals surface area contributed by atoms with Crippen LogP contribution in [0.15, 0.2) is 71.6 Å². The number of amides is 1. The van der Waals surface area contributed by atoms with Crippen molar-refractivity contribution in [1.29, 1.82) is 0 Å². The zero-order valence-electron chi connectivity index (χ0n) is 18.7. The molecule has 0 aliphatic rings. The lowest BCUT2D eigenvalue weighted by molar-refractivity contribution is -0.117. The molecule has 0 fully saturated rings. The van der Waals surface area contributed by atoms with E-state index in [1.165, 1.54) is 19.2 Å². The molecule has 32 heavy (non-hydrogen) atoms. The summed E-state index contributed by atoms with van der Waals surface area (Å²) in [6.07, 6.45) is 0.214. The van der Waals surface area contributed by atoms with Crippen LogP contribution in [-0.4, -0.2) is 27.5 Å². The molecule has 1 atom stereocenters. The highest BCUT2D eigenvalue weighted by molar-refractivity contribution is 7.89. The fourth-order valence-corrected chi connectivity index (χ4v) is 4.81. The van der Waals surface area contributed by atoms with Gasteiger partial charge in [0.2, 0.25) is 15.9 Å². The second kappa shape index (κ2) is 9.97. The topological polar surface area (TPSA) is 84.5 Å². The number of anilines is 1. The molecule has 168 valence electrons. The Bertz CT molecular complexity index is 1190. The lowest BCUT2D eigenvalue weighted by atomic mass is 10.0. The summed E-state index contributed by atoms with van der Waals surface area (Å²) in [4.78, 5) is 13.3. The van der Waals surface area contributed by atoms with Gasteiger partial charge in [-0.3, -0.25) is 4.79 Å². The van der Waals surface area contributed by atoms with Crippen molar-refractivity contribution in [3.8, 4) is 5.75 Å². The number of hydrogen-bond donors (Lipinski definition) is 2. The van der Waals surface area contributed by atoms with Gasteiger partial charge in [-0.15, -0.1) is 0 Å². The number of sulfonamides is 1. The Morgan fingerprint density at radius 1 is 0.906 bits per heavy atom. The molecule has 0 aromatic heterocycles. The molecule has 3 aromatic rings. The largest absolute Gasteiger partial charge is 0.496 e. The molecule has 0 unspecified atom stereocenters. The predicted octanol–water partition coefficient (Wildman–Crippen LogP) is 4.15. The lowest BCUT2D eigenvalue weighted by Crippen LogP contribution is -2.45. The number of nitrogens with one attached hydrogen (secondary N) is 2. The summed E-state index contributed by atoms with van der Waals surface area (Å²) in [5.74, 6) is 0.178. The van der Waals surface area contributed by atoms with E-state index in [0.29, 0.717) is 17.0 Å². The fraction of sp³-hybridized carbons (Fsp3) is 0.240. The number of benzene rings is 3. The quantitative estimate of drug-likeness (QED) is 0.538. The van der Waals surface area contributed by atoms with Crippen LogP contribution in [-0.2, 0) is 21.2 Å². The predicted molar refractivity (Wildman–Crippen MR) is 127 cm³/mol. The molecule has 3 aromatic carbocycles. The molecule has 1 amide bonds. The monoisotopic (exact) mass is 452 g/mol. The summed E-state index contributed by atoms with van der Waals surface area (Å²) < 4.78 is 34.1. The van der Waals surface area contributed by atoms with Crippen LogP contribution in [0.3, 0.4) is 0 Å². The molecule has 0 spiro atoms. The van der Waals surface area contributed by atoms with Gasteiger partial charge in [0.05, 0.1) is 12.0 Å². The number of carbonyl (C=O) groups excluding carboxylic acids is 1. The minimum Gasteiger partial charge on any atom is -0.496 e. The molecule has 0 aliphatic carbocycles. The summed E-state index contributed by atoms with van der Waals surface area (Å²) >= 11 is 0. The van der Waals surface area contributed by atoms with Crippen LogP contribution in [0.2, 0.25) is 0 Å². The minimum absolute atomic E-state index is 0.0775. The smallest absolute Gasteiger partial charge is 0.242 e. The fourth-order valence-electron chi connectivity index (χ4n) is 3.53. The van der Waals surface area contributed by atoms with Crippen LogP contribution >= 0.6 is 0 Å². The maximum absolute atomic E-state index is 13.2. The average molecular weight is 453 g/mol. The summed E-state index contributed by atoms with van der Waals surface area (Å²) in [6, 6.07) is 18.6. The van der Waals surface area contributed by atoms with Gasteiger partial charge >= 0.3 is 0 Å². The van der Waals surface area contributed by atoms with E-state index in [9.17, 15) is 13.2 Å². The number of rotatable bonds is 8. The van der Waals surface area contributed by atoms with Gasteiger partial charge < -0.3 is 10.1 Å². The standard InChI is InChI=1S/C25H28N2O4S/c1-17-9-8-10-18(2)24(17)26-25(28)22(16-20-11-6-5-7-12-20)27-32(29,30)21-13-14-23(31-4)19(3)15-21/h5-15,22,27H,16H2,1-4H3,(H,26,28)/t22-/m0/s1. The molecule has 6 nitrogen and oxygen atoms in total. The Kier molecular flexibility index (Phi) is 7.33. The third-order valence-corrected chi connectivity index (χ3v) is 6.77. The third-order valence-electron chi connectivity index (χ3n) is 5.30. The number of para-hydroxylation sites is 1. The number of aryl methyl sites for hydroxylation is 3. The van der Waals surface area contributed by atoms with E-state index in [0.717, 1.165) is 16.7 Å². The number of hydrogen-bond acceptors (Lipinski definition) is 4. The van der Waals surface area contributed by atoms with Gasteiger partial charge in [0.25, 0.3) is 0 Å². The summed E-state index contributed by atoms with van der Waals surface area (Å²) in [5, 5.41) is 2.92. The molecular weight excluding hydrogens is 424 g/mol. The first-order chi connectivity index (χ1) is 15.2. The molecule has 0 saturated carbocycles. The number of carbonyl (C=O) groups is 1. The second-order valence-corrected chi connectivity index (χ2v) is 9.47. The Balaban J connectivity index is 1.92. The van der Waals surface area contributed by atoms with Crippen LogP contribution in [0.4, 0.5) is 5.69 Å². The molecule has 2 N–H and O–H groups in total. The highest BCUT2D eigenvalue weighted by Gasteiger charge is 2.27. The highest BCUT2D eigenvalue weighted by Crippen LogP contribution is 2.23. The first-order valence-corrected chi connectivity index (χ1v) is 11.8. The average Bonchev–Trinajstić information content (AvgIpc) is 2.76. The Hall–Kier alpha value is -3.16. The first kappa shape index (κ1) is 23.5. The lowest BCUT2D eigenvalue weighted by Gasteiger charge is -2.20. The zero-order valence-corrected chi connectivity index (χ0v) is 19.5. The van der Waals surface area contributed by atoms with Crippen molar-refractivity contribution in [2.75, 3.05) is 12.4 Å². The maximum Gasteiger partial charge on any atom is 0.242 e. The van der Waals surface area contributed by atoms with E-state index in [1.807, 2.05) is 62.4 Å². The normalized spacial score (nSPS) is 12.2. The van der Waals surface area contributed by atoms with Crippen molar-refractivity contribution in [3.63, 3.8) is 0 Å². The molecule has 0 aliphatic heterocycles. The second-order valence-electron chi connectivity index (χ2n) is 7.75. The summed E-state index contributed by atoms with van der Waals surface area (Å²) in [7, 11) is -2.42. The van der Waals surface area contributed by atoms with E-state index in [4.69, 9.17) is 4.74 Å². The van der Waals surface area contributed by atoms with E-state index in [-0.39, 0.29) is 11.3 Å². The number of methoxy groups -OCH3 is 1. The van der Waals surface area contributed by atoms with Crippen molar-refractivity contribution in [3.05, 3.63) is 89.0 Å². The van der Waals surface area contributed by atoms with Gasteiger partial charge in [0, 0.05) is 5.69 Å². The van der Waals surface area contributed by atoms with E-state index < -0.39 is 22.0 Å². The van der Waals surface area contributed by atoms with Gasteiger partial charge in [-0.05, 0) is 67.6 Å². The van der Waals surface area contributed by atoms with Crippen LogP contribution in [0.1, 0.15) is 22.3 Å². The van der Waals surface area contributed by atoms with Crippen molar-refractivity contribution in [2.45, 2.75) is 38.1 Å². The molecule has 0 saturated heterocycles. The summed E-state index contributed by atoms with van der Waals surface area (Å²) in [5.41, 5.74) is 4.05. The molecule has 3 rings (SSSR count). The third kappa shape index (κ3) is 5.55. The molecular formula is C25H28N2O4S. The maximum atomic E-state index is 13.2. The minimum atomic E-state index is -3.95. The first-order valence-electron chi connectivity index (χ1n) is 10.3. The Labute approximate surface area is 189 Å². The van der Waals surface area contributed by atoms with Gasteiger partial charge in [0.15, 0.2) is 0 Å². The van der Waals surface area contributed by atoms with Crippen molar-refractivity contribution in [1.82, 2.24) is 4.72 Å². The molecule has 0 heterocycles. The Morgan fingerprint density at radius 3 is 2.16 bits per heavy atom.